The van der Waals surface area contributed by atoms with E-state index >= 15 is 0 Å². The third-order valence-electron chi connectivity index (χ3n) is 2.29. The number of rotatable bonds is 2. The molecule has 0 heterocycles. The predicted molar refractivity (Wildman–Crippen MR) is 63.2 cm³/mol. The highest BCUT2D eigenvalue weighted by Gasteiger charge is 1.99. The molecule has 0 aliphatic carbocycles. The summed E-state index contributed by atoms with van der Waals surface area (Å²) in [5.74, 6) is 0. The Morgan fingerprint density at radius 3 is 2.29 bits per heavy atom. The maximum absolute atomic E-state index is 3.97. The summed E-state index contributed by atoms with van der Waals surface area (Å²) in [4.78, 5) is 3.97. The number of hydrogen-bond acceptors (Lipinski definition) is 1. The van der Waals surface area contributed by atoms with Gasteiger partial charge in [-0.25, -0.2) is 0 Å². The minimum absolute atomic E-state index is 0.888. The van der Waals surface area contributed by atoms with E-state index in [0.717, 1.165) is 11.3 Å². The van der Waals surface area contributed by atoms with E-state index in [1.807, 2.05) is 18.2 Å². The van der Waals surface area contributed by atoms with E-state index in [2.05, 4.69) is 36.5 Å². The molecule has 0 atom stereocenters. The number of hydrogen-bond donors (Lipinski definition) is 0. The quantitative estimate of drug-likeness (QED) is 0.624. The van der Waals surface area contributed by atoms with Crippen LogP contribution in [0.2, 0.25) is 0 Å². The molecule has 0 bridgehead atoms. The molecule has 2 aromatic rings. The van der Waals surface area contributed by atoms with Crippen molar-refractivity contribution in [3.05, 3.63) is 48.5 Å². The van der Waals surface area contributed by atoms with Crippen LogP contribution in [0.5, 0.6) is 0 Å². The minimum atomic E-state index is 0.888. The van der Waals surface area contributed by atoms with Crippen molar-refractivity contribution in [3.8, 4) is 0 Å². The van der Waals surface area contributed by atoms with Crippen LogP contribution in [-0.4, -0.2) is 6.72 Å². The summed E-state index contributed by atoms with van der Waals surface area (Å²) < 4.78 is 0. The van der Waals surface area contributed by atoms with Crippen molar-refractivity contribution < 1.29 is 0 Å². The van der Waals surface area contributed by atoms with Crippen LogP contribution in [-0.2, 0) is 0 Å². The molecule has 0 aromatic heterocycles. The zero-order chi connectivity index (χ0) is 9.97. The van der Waals surface area contributed by atoms with Gasteiger partial charge in [-0.2, -0.15) is 0 Å². The molecule has 0 saturated carbocycles. The van der Waals surface area contributed by atoms with E-state index in [1.165, 1.54) is 10.8 Å². The van der Waals surface area contributed by atoms with Crippen LogP contribution in [0.4, 0.5) is 5.69 Å². The highest BCUT2D eigenvalue weighted by Crippen LogP contribution is 2.26. The van der Waals surface area contributed by atoms with E-state index in [1.54, 1.807) is 6.08 Å². The van der Waals surface area contributed by atoms with Crippen molar-refractivity contribution in [2.75, 3.05) is 0 Å². The first-order valence-corrected chi connectivity index (χ1v) is 4.47. The largest absolute Gasteiger partial charge is 0.264 e. The van der Waals surface area contributed by atoms with Crippen molar-refractivity contribution in [2.24, 2.45) is 4.99 Å². The lowest BCUT2D eigenvalue weighted by molar-refractivity contribution is 1.55. The smallest absolute Gasteiger partial charge is 0.0700 e. The average molecular weight is 181 g/mol. The summed E-state index contributed by atoms with van der Waals surface area (Å²) in [5.41, 5.74) is 1.91. The zero-order valence-electron chi connectivity index (χ0n) is 7.90. The molecule has 0 aliphatic rings. The first-order valence-electron chi connectivity index (χ1n) is 4.47. The molecule has 0 aliphatic heterocycles. The summed E-state index contributed by atoms with van der Waals surface area (Å²) in [5, 5.41) is 2.38. The third kappa shape index (κ3) is 1.33. The maximum Gasteiger partial charge on any atom is 0.0700 e. The summed E-state index contributed by atoms with van der Waals surface area (Å²) in [6.45, 7) is 7.31. The molecule has 68 valence electrons. The van der Waals surface area contributed by atoms with Crippen LogP contribution >= 0.6 is 0 Å². The molecule has 0 amide bonds. The van der Waals surface area contributed by atoms with E-state index in [4.69, 9.17) is 0 Å². The second-order valence-electron chi connectivity index (χ2n) is 3.12. The average Bonchev–Trinajstić information content (AvgIpc) is 2.27. The van der Waals surface area contributed by atoms with Crippen molar-refractivity contribution in [1.29, 1.82) is 0 Å². The highest BCUT2D eigenvalue weighted by atomic mass is 14.7. The molecular formula is C13H11N. The molecule has 14 heavy (non-hydrogen) atoms. The number of aliphatic imine (C=N–C) groups is 1. The standard InChI is InChI=1S/C13H11N/c1-3-10-8-11-6-4-5-7-12(11)9-13(10)14-2/h3-9H,1-2H2. The molecule has 2 aromatic carbocycles. The zero-order valence-corrected chi connectivity index (χ0v) is 7.90. The second-order valence-corrected chi connectivity index (χ2v) is 3.12. The lowest BCUT2D eigenvalue weighted by Crippen LogP contribution is -1.77. The monoisotopic (exact) mass is 181 g/mol. The van der Waals surface area contributed by atoms with Gasteiger partial charge in [-0.05, 0) is 29.6 Å². The van der Waals surface area contributed by atoms with Gasteiger partial charge in [0.15, 0.2) is 0 Å². The first kappa shape index (κ1) is 8.70. The highest BCUT2D eigenvalue weighted by molar-refractivity contribution is 5.89. The first-order chi connectivity index (χ1) is 6.85. The van der Waals surface area contributed by atoms with Crippen LogP contribution in [0.15, 0.2) is 48.0 Å². The second kappa shape index (κ2) is 3.46. The van der Waals surface area contributed by atoms with Gasteiger partial charge >= 0.3 is 0 Å². The van der Waals surface area contributed by atoms with Crippen LogP contribution in [0.3, 0.4) is 0 Å². The van der Waals surface area contributed by atoms with Gasteiger partial charge in [0.2, 0.25) is 0 Å². The fourth-order valence-electron chi connectivity index (χ4n) is 1.55. The van der Waals surface area contributed by atoms with Gasteiger partial charge in [-0.3, -0.25) is 4.99 Å². The van der Waals surface area contributed by atoms with E-state index in [9.17, 15) is 0 Å². The van der Waals surface area contributed by atoms with Crippen molar-refractivity contribution in [3.63, 3.8) is 0 Å². The fourth-order valence-corrected chi connectivity index (χ4v) is 1.55. The van der Waals surface area contributed by atoms with Crippen molar-refractivity contribution in [1.82, 2.24) is 0 Å². The molecule has 0 fully saturated rings. The summed E-state index contributed by atoms with van der Waals surface area (Å²) in [6.07, 6.45) is 1.80. The maximum atomic E-state index is 3.97. The molecule has 1 heteroatoms. The van der Waals surface area contributed by atoms with Crippen molar-refractivity contribution in [2.45, 2.75) is 0 Å². The molecular weight excluding hydrogens is 170 g/mol. The Hall–Kier alpha value is -1.89. The molecule has 0 radical (unpaired) electrons. The molecule has 1 nitrogen and oxygen atoms in total. The van der Waals surface area contributed by atoms with Crippen molar-refractivity contribution >= 4 is 29.3 Å². The molecule has 0 unspecified atom stereocenters. The van der Waals surface area contributed by atoms with Crippen LogP contribution < -0.4 is 0 Å². The molecule has 0 N–H and O–H groups in total. The van der Waals surface area contributed by atoms with Gasteiger partial charge in [0.25, 0.3) is 0 Å². The molecule has 0 saturated heterocycles. The Morgan fingerprint density at radius 2 is 1.71 bits per heavy atom. The molecule has 2 rings (SSSR count). The SMILES string of the molecule is C=Cc1cc2ccccc2cc1N=C. The number of benzene rings is 2. The Bertz CT molecular complexity index is 451. The summed E-state index contributed by atoms with van der Waals surface area (Å²) in [7, 11) is 0. The van der Waals surface area contributed by atoms with Gasteiger partial charge < -0.3 is 0 Å². The number of nitrogens with zero attached hydrogens (tertiary/aromatic N) is 1. The van der Waals surface area contributed by atoms with Gasteiger partial charge in [0.1, 0.15) is 0 Å². The Morgan fingerprint density at radius 1 is 1.07 bits per heavy atom. The lowest BCUT2D eigenvalue weighted by atomic mass is 10.1. The van der Waals surface area contributed by atoms with Crippen LogP contribution in [0, 0.1) is 0 Å². The summed E-state index contributed by atoms with van der Waals surface area (Å²) >= 11 is 0. The predicted octanol–water partition coefficient (Wildman–Crippen LogP) is 3.81. The van der Waals surface area contributed by atoms with Gasteiger partial charge in [-0.15, -0.1) is 0 Å². The normalized spacial score (nSPS) is 10.0. The van der Waals surface area contributed by atoms with Crippen LogP contribution in [0.25, 0.3) is 16.8 Å². The third-order valence-corrected chi connectivity index (χ3v) is 2.29. The Kier molecular flexibility index (Phi) is 2.15. The fraction of sp³-hybridized carbons (Fsp3) is 0. The van der Waals surface area contributed by atoms with Gasteiger partial charge in [0.05, 0.1) is 5.69 Å². The van der Waals surface area contributed by atoms with E-state index < -0.39 is 0 Å². The number of fused-ring (bicyclic) bond motifs is 1. The van der Waals surface area contributed by atoms with Crippen LogP contribution in [0.1, 0.15) is 5.56 Å². The Balaban J connectivity index is 2.81. The molecule has 0 spiro atoms. The lowest BCUT2D eigenvalue weighted by Gasteiger charge is -2.03. The van der Waals surface area contributed by atoms with Gasteiger partial charge in [0, 0.05) is 5.56 Å². The summed E-state index contributed by atoms with van der Waals surface area (Å²) in [6, 6.07) is 12.3. The minimum Gasteiger partial charge on any atom is -0.264 e. The van der Waals surface area contributed by atoms with Gasteiger partial charge in [-0.1, -0.05) is 36.9 Å². The Labute approximate surface area is 83.4 Å². The van der Waals surface area contributed by atoms with E-state index in [0.29, 0.717) is 0 Å². The van der Waals surface area contributed by atoms with E-state index in [-0.39, 0.29) is 0 Å². The topological polar surface area (TPSA) is 12.4 Å².